The van der Waals surface area contributed by atoms with Crippen molar-refractivity contribution in [3.05, 3.63) is 24.1 Å². The van der Waals surface area contributed by atoms with Crippen LogP contribution in [-0.4, -0.2) is 17.4 Å². The molecule has 1 aliphatic carbocycles. The molecule has 0 atom stereocenters. The molecule has 1 aromatic heterocycles. The number of nitrogens with zero attached hydrogens (tertiary/aromatic N) is 1. The Hall–Kier alpha value is -1.88. The van der Waals surface area contributed by atoms with Crippen LogP contribution in [0.15, 0.2) is 22.6 Å². The number of rotatable bonds is 4. The molecule has 0 unspecified atom stereocenters. The zero-order valence-corrected chi connectivity index (χ0v) is 11.6. The Morgan fingerprint density at radius 3 is 2.90 bits per heavy atom. The van der Waals surface area contributed by atoms with Crippen molar-refractivity contribution in [2.75, 3.05) is 11.9 Å². The van der Waals surface area contributed by atoms with Gasteiger partial charge in [-0.25, -0.2) is 4.98 Å². The van der Waals surface area contributed by atoms with Crippen LogP contribution in [0.5, 0.6) is 0 Å². The molecular formula is C15H19N3O2. The number of hydrogen-bond acceptors (Lipinski definition) is 4. The number of carbonyl (C=O) groups is 1. The van der Waals surface area contributed by atoms with Gasteiger partial charge in [0.05, 0.1) is 5.41 Å². The number of fused-ring (bicyclic) bond motifs is 1. The Morgan fingerprint density at radius 2 is 2.30 bits per heavy atom. The summed E-state index contributed by atoms with van der Waals surface area (Å²) < 4.78 is 5.55. The number of aromatic nitrogens is 1. The third kappa shape index (κ3) is 2.08. The zero-order chi connectivity index (χ0) is 14.2. The summed E-state index contributed by atoms with van der Waals surface area (Å²) in [5.41, 5.74) is 7.65. The number of carbonyl (C=O) groups excluding carboxylic acids is 1. The molecule has 1 aromatic carbocycles. The lowest BCUT2D eigenvalue weighted by Gasteiger charge is -2.39. The fourth-order valence-electron chi connectivity index (χ4n) is 2.60. The van der Waals surface area contributed by atoms with E-state index in [2.05, 4.69) is 10.3 Å². The highest BCUT2D eigenvalue weighted by Crippen LogP contribution is 2.40. The van der Waals surface area contributed by atoms with Crippen molar-refractivity contribution in [3.8, 4) is 0 Å². The lowest BCUT2D eigenvalue weighted by molar-refractivity contribution is -0.129. The molecule has 0 saturated heterocycles. The average molecular weight is 273 g/mol. The number of benzene rings is 1. The second kappa shape index (κ2) is 4.90. The number of hydrogen-bond donors (Lipinski definition) is 2. The third-order valence-electron chi connectivity index (χ3n) is 4.18. The molecule has 106 valence electrons. The van der Waals surface area contributed by atoms with Crippen LogP contribution < -0.4 is 11.1 Å². The highest BCUT2D eigenvalue weighted by atomic mass is 16.3. The Labute approximate surface area is 117 Å². The van der Waals surface area contributed by atoms with E-state index in [1.54, 1.807) is 0 Å². The molecule has 3 N–H and O–H groups in total. The van der Waals surface area contributed by atoms with E-state index in [1.807, 2.05) is 25.1 Å². The lowest BCUT2D eigenvalue weighted by atomic mass is 9.68. The van der Waals surface area contributed by atoms with Gasteiger partial charge in [-0.2, -0.15) is 0 Å². The van der Waals surface area contributed by atoms with E-state index in [0.29, 0.717) is 12.4 Å². The maximum atomic E-state index is 12.3. The molecule has 1 saturated carbocycles. The smallest absolute Gasteiger partial charge is 0.231 e. The second-order valence-electron chi connectivity index (χ2n) is 5.44. The summed E-state index contributed by atoms with van der Waals surface area (Å²) in [5, 5.41) is 2.95. The van der Waals surface area contributed by atoms with E-state index in [1.165, 1.54) is 0 Å². The van der Waals surface area contributed by atoms with Gasteiger partial charge in [-0.15, -0.1) is 0 Å². The van der Waals surface area contributed by atoms with Gasteiger partial charge in [-0.3, -0.25) is 4.79 Å². The van der Waals surface area contributed by atoms with Gasteiger partial charge in [0.2, 0.25) is 5.91 Å². The minimum absolute atomic E-state index is 0.0183. The molecule has 0 aliphatic heterocycles. The summed E-state index contributed by atoms with van der Waals surface area (Å²) >= 11 is 0. The third-order valence-corrected chi connectivity index (χ3v) is 4.18. The predicted octanol–water partition coefficient (Wildman–Crippen LogP) is 2.46. The first kappa shape index (κ1) is 13.1. The Kier molecular flexibility index (Phi) is 3.22. The molecule has 0 spiro atoms. The predicted molar refractivity (Wildman–Crippen MR) is 77.4 cm³/mol. The first-order valence-corrected chi connectivity index (χ1v) is 7.08. The van der Waals surface area contributed by atoms with Crippen molar-refractivity contribution in [1.29, 1.82) is 0 Å². The summed E-state index contributed by atoms with van der Waals surface area (Å²) in [6.45, 7) is 2.40. The van der Waals surface area contributed by atoms with E-state index in [4.69, 9.17) is 10.2 Å². The molecule has 20 heavy (non-hydrogen) atoms. The number of amides is 1. The van der Waals surface area contributed by atoms with Crippen LogP contribution in [0, 0.1) is 5.41 Å². The molecule has 5 heteroatoms. The second-order valence-corrected chi connectivity index (χ2v) is 5.44. The molecule has 0 radical (unpaired) electrons. The maximum absolute atomic E-state index is 12.3. The minimum Gasteiger partial charge on any atom is -0.441 e. The molecule has 0 bridgehead atoms. The molecule has 1 amide bonds. The monoisotopic (exact) mass is 273 g/mol. The number of oxazole rings is 1. The normalized spacial score (nSPS) is 16.9. The van der Waals surface area contributed by atoms with E-state index in [9.17, 15) is 4.79 Å². The topological polar surface area (TPSA) is 81.2 Å². The van der Waals surface area contributed by atoms with Crippen molar-refractivity contribution in [3.63, 3.8) is 0 Å². The van der Waals surface area contributed by atoms with Gasteiger partial charge in [0.15, 0.2) is 11.5 Å². The van der Waals surface area contributed by atoms with Gasteiger partial charge < -0.3 is 15.5 Å². The minimum atomic E-state index is -0.368. The summed E-state index contributed by atoms with van der Waals surface area (Å²) in [7, 11) is 0. The first-order valence-electron chi connectivity index (χ1n) is 7.08. The number of nitrogens with one attached hydrogen (secondary N) is 1. The summed E-state index contributed by atoms with van der Waals surface area (Å²) in [6.07, 6.45) is 3.59. The number of aryl methyl sites for hydroxylation is 1. The molecule has 1 heterocycles. The summed E-state index contributed by atoms with van der Waals surface area (Å²) in [6, 6.07) is 5.53. The molecule has 1 fully saturated rings. The van der Waals surface area contributed by atoms with Gasteiger partial charge in [0.25, 0.3) is 0 Å². The van der Waals surface area contributed by atoms with E-state index < -0.39 is 0 Å². The number of anilines is 1. The molecule has 2 aromatic rings. The van der Waals surface area contributed by atoms with Crippen LogP contribution in [0.4, 0.5) is 5.69 Å². The molecule has 3 rings (SSSR count). The van der Waals surface area contributed by atoms with Gasteiger partial charge in [-0.05, 0) is 31.0 Å². The maximum Gasteiger partial charge on any atom is 0.231 e. The largest absolute Gasteiger partial charge is 0.441 e. The molecule has 1 aliphatic rings. The van der Waals surface area contributed by atoms with Crippen LogP contribution in [0.3, 0.4) is 0 Å². The van der Waals surface area contributed by atoms with Crippen molar-refractivity contribution >= 4 is 22.7 Å². The quantitative estimate of drug-likeness (QED) is 0.896. The zero-order valence-electron chi connectivity index (χ0n) is 11.6. The van der Waals surface area contributed by atoms with E-state index in [-0.39, 0.29) is 11.3 Å². The van der Waals surface area contributed by atoms with E-state index in [0.717, 1.165) is 42.5 Å². The van der Waals surface area contributed by atoms with Crippen molar-refractivity contribution in [1.82, 2.24) is 4.98 Å². The van der Waals surface area contributed by atoms with Gasteiger partial charge >= 0.3 is 0 Å². The summed E-state index contributed by atoms with van der Waals surface area (Å²) in [4.78, 5) is 16.7. The average Bonchev–Trinajstić information content (AvgIpc) is 2.80. The van der Waals surface area contributed by atoms with E-state index >= 15 is 0 Å². The van der Waals surface area contributed by atoms with Gasteiger partial charge in [0, 0.05) is 18.7 Å². The molecular weight excluding hydrogens is 254 g/mol. The van der Waals surface area contributed by atoms with Crippen molar-refractivity contribution in [2.24, 2.45) is 11.1 Å². The lowest BCUT2D eigenvalue weighted by Crippen LogP contribution is -2.47. The summed E-state index contributed by atoms with van der Waals surface area (Å²) in [5.74, 6) is 0.728. The standard InChI is InChI=1S/C15H19N3O2/c1-2-13-18-11-8-10(4-5-12(11)20-13)17-14(19)15(9-16)6-3-7-15/h4-5,8H,2-3,6-7,9,16H2,1H3,(H,17,19). The van der Waals surface area contributed by atoms with Crippen molar-refractivity contribution in [2.45, 2.75) is 32.6 Å². The van der Waals surface area contributed by atoms with Crippen LogP contribution in [-0.2, 0) is 11.2 Å². The highest BCUT2D eigenvalue weighted by Gasteiger charge is 2.42. The van der Waals surface area contributed by atoms with Gasteiger partial charge in [0.1, 0.15) is 5.52 Å². The fourth-order valence-corrected chi connectivity index (χ4v) is 2.60. The first-order chi connectivity index (χ1) is 9.66. The van der Waals surface area contributed by atoms with Crippen LogP contribution >= 0.6 is 0 Å². The van der Waals surface area contributed by atoms with Crippen LogP contribution in [0.2, 0.25) is 0 Å². The Balaban J connectivity index is 1.82. The fraction of sp³-hybridized carbons (Fsp3) is 0.467. The number of nitrogens with two attached hydrogens (primary N) is 1. The van der Waals surface area contributed by atoms with Crippen molar-refractivity contribution < 1.29 is 9.21 Å². The molecule has 5 nitrogen and oxygen atoms in total. The highest BCUT2D eigenvalue weighted by molar-refractivity contribution is 5.97. The van der Waals surface area contributed by atoms with Crippen LogP contribution in [0.25, 0.3) is 11.1 Å². The van der Waals surface area contributed by atoms with Crippen LogP contribution in [0.1, 0.15) is 32.1 Å². The Morgan fingerprint density at radius 1 is 1.50 bits per heavy atom. The van der Waals surface area contributed by atoms with Gasteiger partial charge in [-0.1, -0.05) is 13.3 Å². The Bertz CT molecular complexity index is 638. The SMILES string of the molecule is CCc1nc2cc(NC(=O)C3(CN)CCC3)ccc2o1.